The summed E-state index contributed by atoms with van der Waals surface area (Å²) in [6.45, 7) is 0. The number of aromatic nitrogens is 1. The number of thiazole rings is 1. The van der Waals surface area contributed by atoms with Crippen LogP contribution in [0.15, 0.2) is 40.8 Å². The topological polar surface area (TPSA) is 63.8 Å². The standard InChI is InChI=1S/C11H10N2O3S/c1-16-9-5-3-2-4-8(9)13-6-7-17-10(13)12-11(14)15/h2-7H,1H3,(H,14,15). The summed E-state index contributed by atoms with van der Waals surface area (Å²) < 4.78 is 6.90. The Hall–Kier alpha value is -2.08. The van der Waals surface area contributed by atoms with E-state index in [4.69, 9.17) is 9.84 Å². The molecule has 1 aromatic heterocycles. The second-order valence-electron chi connectivity index (χ2n) is 3.12. The maximum absolute atomic E-state index is 10.6. The lowest BCUT2D eigenvalue weighted by Crippen LogP contribution is -2.14. The molecule has 1 aromatic carbocycles. The summed E-state index contributed by atoms with van der Waals surface area (Å²) in [5.74, 6) is 0.665. The van der Waals surface area contributed by atoms with Crippen LogP contribution in [0.1, 0.15) is 0 Å². The van der Waals surface area contributed by atoms with E-state index in [0.29, 0.717) is 10.6 Å². The van der Waals surface area contributed by atoms with E-state index in [2.05, 4.69) is 4.99 Å². The summed E-state index contributed by atoms with van der Waals surface area (Å²) in [4.78, 5) is 14.5. The van der Waals surface area contributed by atoms with Crippen LogP contribution in [0.5, 0.6) is 5.75 Å². The Morgan fingerprint density at radius 3 is 2.94 bits per heavy atom. The average molecular weight is 250 g/mol. The Morgan fingerprint density at radius 2 is 2.24 bits per heavy atom. The van der Waals surface area contributed by atoms with Crippen molar-refractivity contribution in [3.05, 3.63) is 40.6 Å². The molecule has 2 aromatic rings. The van der Waals surface area contributed by atoms with Gasteiger partial charge in [0, 0.05) is 11.6 Å². The van der Waals surface area contributed by atoms with Crippen molar-refractivity contribution in [1.82, 2.24) is 4.57 Å². The van der Waals surface area contributed by atoms with Gasteiger partial charge in [0.15, 0.2) is 0 Å². The Balaban J connectivity index is 2.62. The minimum atomic E-state index is -1.21. The lowest BCUT2D eigenvalue weighted by atomic mass is 10.3. The number of para-hydroxylation sites is 2. The molecule has 0 aliphatic heterocycles. The number of amides is 1. The van der Waals surface area contributed by atoms with Crippen molar-refractivity contribution in [2.45, 2.75) is 0 Å². The predicted molar refractivity (Wildman–Crippen MR) is 63.8 cm³/mol. The first-order valence-electron chi connectivity index (χ1n) is 4.79. The number of hydrogen-bond donors (Lipinski definition) is 1. The zero-order valence-electron chi connectivity index (χ0n) is 9.03. The summed E-state index contributed by atoms with van der Waals surface area (Å²) in [6.07, 6.45) is 0.542. The number of carbonyl (C=O) groups is 1. The van der Waals surface area contributed by atoms with Crippen molar-refractivity contribution < 1.29 is 14.6 Å². The van der Waals surface area contributed by atoms with Crippen molar-refractivity contribution in [2.75, 3.05) is 7.11 Å². The molecule has 1 heterocycles. The maximum atomic E-state index is 10.6. The van der Waals surface area contributed by atoms with Gasteiger partial charge in [-0.2, -0.15) is 0 Å². The number of methoxy groups -OCH3 is 1. The second-order valence-corrected chi connectivity index (χ2v) is 3.99. The van der Waals surface area contributed by atoms with Crippen molar-refractivity contribution >= 4 is 17.4 Å². The summed E-state index contributed by atoms with van der Waals surface area (Å²) in [5.41, 5.74) is 0.760. The Labute approximate surface area is 101 Å². The molecule has 88 valence electrons. The Bertz CT molecular complexity index is 601. The Kier molecular flexibility index (Phi) is 3.24. The maximum Gasteiger partial charge on any atom is 0.433 e. The fourth-order valence-electron chi connectivity index (χ4n) is 1.45. The van der Waals surface area contributed by atoms with E-state index in [1.54, 1.807) is 23.3 Å². The highest BCUT2D eigenvalue weighted by atomic mass is 32.1. The highest BCUT2D eigenvalue weighted by Crippen LogP contribution is 2.20. The van der Waals surface area contributed by atoms with Crippen molar-refractivity contribution in [2.24, 2.45) is 4.99 Å². The van der Waals surface area contributed by atoms with Gasteiger partial charge >= 0.3 is 6.09 Å². The van der Waals surface area contributed by atoms with E-state index in [1.165, 1.54) is 11.3 Å². The van der Waals surface area contributed by atoms with Crippen LogP contribution in [0.2, 0.25) is 0 Å². The van der Waals surface area contributed by atoms with Crippen molar-refractivity contribution in [1.29, 1.82) is 0 Å². The molecular weight excluding hydrogens is 240 g/mol. The van der Waals surface area contributed by atoms with E-state index >= 15 is 0 Å². The molecule has 0 saturated heterocycles. The van der Waals surface area contributed by atoms with Crippen LogP contribution in [-0.2, 0) is 0 Å². The summed E-state index contributed by atoms with van der Waals surface area (Å²) in [7, 11) is 1.57. The first kappa shape index (κ1) is 11.4. The molecule has 1 amide bonds. The molecule has 1 N–H and O–H groups in total. The fourth-order valence-corrected chi connectivity index (χ4v) is 2.15. The zero-order chi connectivity index (χ0) is 12.3. The van der Waals surface area contributed by atoms with E-state index in [9.17, 15) is 4.79 Å². The molecule has 17 heavy (non-hydrogen) atoms. The number of hydrogen-bond acceptors (Lipinski definition) is 3. The second kappa shape index (κ2) is 4.84. The highest BCUT2D eigenvalue weighted by molar-refractivity contribution is 7.07. The van der Waals surface area contributed by atoms with Crippen molar-refractivity contribution in [3.63, 3.8) is 0 Å². The molecule has 0 spiro atoms. The van der Waals surface area contributed by atoms with Gasteiger partial charge in [-0.1, -0.05) is 12.1 Å². The molecule has 0 aliphatic carbocycles. The Morgan fingerprint density at radius 1 is 1.47 bits per heavy atom. The van der Waals surface area contributed by atoms with Crippen LogP contribution in [0.3, 0.4) is 0 Å². The normalized spacial score (nSPS) is 11.5. The van der Waals surface area contributed by atoms with Gasteiger partial charge in [-0.05, 0) is 12.1 Å². The lowest BCUT2D eigenvalue weighted by Gasteiger charge is -2.08. The highest BCUT2D eigenvalue weighted by Gasteiger charge is 2.06. The monoisotopic (exact) mass is 250 g/mol. The van der Waals surface area contributed by atoms with Gasteiger partial charge in [0.1, 0.15) is 5.75 Å². The van der Waals surface area contributed by atoms with Crippen LogP contribution in [0.25, 0.3) is 5.69 Å². The molecule has 6 heteroatoms. The lowest BCUT2D eigenvalue weighted by molar-refractivity contribution is 0.204. The molecule has 0 unspecified atom stereocenters. The number of carboxylic acid groups (broad SMARTS) is 1. The van der Waals surface area contributed by atoms with E-state index < -0.39 is 6.09 Å². The van der Waals surface area contributed by atoms with Gasteiger partial charge < -0.3 is 9.84 Å². The van der Waals surface area contributed by atoms with Gasteiger partial charge in [-0.25, -0.2) is 4.79 Å². The smallest absolute Gasteiger partial charge is 0.433 e. The first-order valence-corrected chi connectivity index (χ1v) is 5.67. The van der Waals surface area contributed by atoms with Crippen LogP contribution in [0, 0.1) is 0 Å². The third kappa shape index (κ3) is 2.36. The predicted octanol–water partition coefficient (Wildman–Crippen LogP) is 2.13. The SMILES string of the molecule is COc1ccccc1-n1ccsc1=NC(=O)O. The molecule has 0 radical (unpaired) electrons. The average Bonchev–Trinajstić information content (AvgIpc) is 2.76. The summed E-state index contributed by atoms with van der Waals surface area (Å²) in [6, 6.07) is 7.35. The van der Waals surface area contributed by atoms with Gasteiger partial charge in [0.05, 0.1) is 12.8 Å². The molecular formula is C11H10N2O3S. The summed E-state index contributed by atoms with van der Waals surface area (Å²) >= 11 is 1.25. The molecule has 5 nitrogen and oxygen atoms in total. The zero-order valence-corrected chi connectivity index (χ0v) is 9.85. The largest absolute Gasteiger partial charge is 0.495 e. The minimum absolute atomic E-state index is 0.391. The van der Waals surface area contributed by atoms with Gasteiger partial charge in [-0.15, -0.1) is 16.3 Å². The third-order valence-electron chi connectivity index (χ3n) is 2.13. The van der Waals surface area contributed by atoms with Crippen LogP contribution >= 0.6 is 11.3 Å². The third-order valence-corrected chi connectivity index (χ3v) is 2.88. The molecule has 0 bridgehead atoms. The fraction of sp³-hybridized carbons (Fsp3) is 0.0909. The van der Waals surface area contributed by atoms with Crippen LogP contribution in [0.4, 0.5) is 4.79 Å². The minimum Gasteiger partial charge on any atom is -0.495 e. The number of nitrogens with zero attached hydrogens (tertiary/aromatic N) is 2. The van der Waals surface area contributed by atoms with Crippen LogP contribution in [-0.4, -0.2) is 22.9 Å². The number of rotatable bonds is 2. The quantitative estimate of drug-likeness (QED) is 0.888. The molecule has 0 aliphatic rings. The van der Waals surface area contributed by atoms with Gasteiger partial charge in [-0.3, -0.25) is 4.57 Å². The van der Waals surface area contributed by atoms with E-state index in [-0.39, 0.29) is 0 Å². The van der Waals surface area contributed by atoms with Gasteiger partial charge in [0.25, 0.3) is 0 Å². The molecule has 0 saturated carbocycles. The van der Waals surface area contributed by atoms with Crippen LogP contribution < -0.4 is 9.54 Å². The van der Waals surface area contributed by atoms with Crippen molar-refractivity contribution in [3.8, 4) is 11.4 Å². The summed E-state index contributed by atoms with van der Waals surface area (Å²) in [5, 5.41) is 10.5. The van der Waals surface area contributed by atoms with E-state index in [1.807, 2.05) is 24.3 Å². The molecule has 0 fully saturated rings. The first-order chi connectivity index (χ1) is 8.22. The number of benzene rings is 1. The number of ether oxygens (including phenoxy) is 1. The van der Waals surface area contributed by atoms with Gasteiger partial charge in [0.2, 0.25) is 4.80 Å². The van der Waals surface area contributed by atoms with E-state index in [0.717, 1.165) is 5.69 Å². The molecule has 2 rings (SSSR count). The molecule has 0 atom stereocenters.